The lowest BCUT2D eigenvalue weighted by atomic mass is 9.98. The number of nitrogens with zero attached hydrogens (tertiary/aromatic N) is 1. The Labute approximate surface area is 115 Å². The maximum absolute atomic E-state index is 6.16. The maximum Gasteiger partial charge on any atom is 0.117 e. The van der Waals surface area contributed by atoms with E-state index in [4.69, 9.17) is 10.2 Å². The average molecular weight is 258 g/mol. The fourth-order valence-electron chi connectivity index (χ4n) is 2.47. The summed E-state index contributed by atoms with van der Waals surface area (Å²) < 4.78 is 5.41. The Morgan fingerprint density at radius 2 is 1.89 bits per heavy atom. The first-order chi connectivity index (χ1) is 9.08. The van der Waals surface area contributed by atoms with E-state index in [1.54, 1.807) is 6.26 Å². The van der Waals surface area contributed by atoms with Crippen LogP contribution >= 0.6 is 0 Å². The Kier molecular flexibility index (Phi) is 4.40. The van der Waals surface area contributed by atoms with Crippen molar-refractivity contribution in [2.75, 3.05) is 7.05 Å². The zero-order valence-corrected chi connectivity index (χ0v) is 11.8. The molecule has 0 spiro atoms. The normalized spacial score (nSPS) is 14.6. The second-order valence-corrected chi connectivity index (χ2v) is 5.21. The number of hydrogen-bond donors (Lipinski definition) is 1. The van der Waals surface area contributed by atoms with Crippen molar-refractivity contribution in [2.24, 2.45) is 5.73 Å². The summed E-state index contributed by atoms with van der Waals surface area (Å²) in [5.41, 5.74) is 8.67. The lowest BCUT2D eigenvalue weighted by Crippen LogP contribution is -2.36. The summed E-state index contributed by atoms with van der Waals surface area (Å²) in [5.74, 6) is 0.959. The highest BCUT2D eigenvalue weighted by atomic mass is 16.3. The lowest BCUT2D eigenvalue weighted by molar-refractivity contribution is 0.196. The monoisotopic (exact) mass is 258 g/mol. The minimum absolute atomic E-state index is 0.0580. The summed E-state index contributed by atoms with van der Waals surface area (Å²) in [6.45, 7) is 4.90. The molecular weight excluding hydrogens is 236 g/mol. The van der Waals surface area contributed by atoms with Crippen LogP contribution in [-0.4, -0.2) is 18.0 Å². The largest absolute Gasteiger partial charge is 0.468 e. The van der Waals surface area contributed by atoms with Gasteiger partial charge in [-0.3, -0.25) is 4.90 Å². The van der Waals surface area contributed by atoms with Gasteiger partial charge in [0.1, 0.15) is 5.76 Å². The molecule has 0 saturated heterocycles. The van der Waals surface area contributed by atoms with Crippen LogP contribution in [0, 0.1) is 6.92 Å². The van der Waals surface area contributed by atoms with E-state index < -0.39 is 0 Å². The standard InChI is InChI=1S/C16H22N2O/c1-12-6-8-14(9-7-12)16(13(2)17)18(3)11-15-5-4-10-19-15/h4-10,13,16H,11,17H2,1-3H3. The quantitative estimate of drug-likeness (QED) is 0.896. The molecule has 1 heterocycles. The predicted octanol–water partition coefficient (Wildman–Crippen LogP) is 3.11. The van der Waals surface area contributed by atoms with Gasteiger partial charge in [0.2, 0.25) is 0 Å². The third kappa shape index (κ3) is 3.46. The minimum atomic E-state index is 0.0580. The predicted molar refractivity (Wildman–Crippen MR) is 77.7 cm³/mol. The minimum Gasteiger partial charge on any atom is -0.468 e. The van der Waals surface area contributed by atoms with Crippen LogP contribution in [0.25, 0.3) is 0 Å². The zero-order chi connectivity index (χ0) is 13.8. The van der Waals surface area contributed by atoms with E-state index in [0.29, 0.717) is 0 Å². The summed E-state index contributed by atoms with van der Waals surface area (Å²) in [5, 5.41) is 0. The van der Waals surface area contributed by atoms with Crippen molar-refractivity contribution < 1.29 is 4.42 Å². The van der Waals surface area contributed by atoms with Gasteiger partial charge in [-0.25, -0.2) is 0 Å². The van der Waals surface area contributed by atoms with Gasteiger partial charge in [0.25, 0.3) is 0 Å². The van der Waals surface area contributed by atoms with Gasteiger partial charge in [0.05, 0.1) is 12.8 Å². The SMILES string of the molecule is Cc1ccc(C(C(C)N)N(C)Cc2ccco2)cc1. The molecule has 102 valence electrons. The molecule has 0 amide bonds. The number of benzene rings is 1. The second kappa shape index (κ2) is 6.04. The molecule has 2 rings (SSSR count). The van der Waals surface area contributed by atoms with E-state index in [9.17, 15) is 0 Å². The number of nitrogens with two attached hydrogens (primary N) is 1. The van der Waals surface area contributed by atoms with E-state index in [0.717, 1.165) is 12.3 Å². The van der Waals surface area contributed by atoms with Crippen LogP contribution in [0.1, 0.15) is 29.9 Å². The van der Waals surface area contributed by atoms with E-state index in [1.165, 1.54) is 11.1 Å². The zero-order valence-electron chi connectivity index (χ0n) is 11.8. The maximum atomic E-state index is 6.16. The Morgan fingerprint density at radius 3 is 2.42 bits per heavy atom. The Bertz CT molecular complexity index is 488. The van der Waals surface area contributed by atoms with Crippen molar-refractivity contribution >= 4 is 0 Å². The summed E-state index contributed by atoms with van der Waals surface area (Å²) in [6.07, 6.45) is 1.70. The molecule has 2 aromatic rings. The van der Waals surface area contributed by atoms with E-state index in [2.05, 4.69) is 43.1 Å². The van der Waals surface area contributed by atoms with Crippen LogP contribution in [0.2, 0.25) is 0 Å². The highest BCUT2D eigenvalue weighted by Crippen LogP contribution is 2.24. The molecule has 0 bridgehead atoms. The van der Waals surface area contributed by atoms with Crippen molar-refractivity contribution in [1.82, 2.24) is 4.90 Å². The fraction of sp³-hybridized carbons (Fsp3) is 0.375. The van der Waals surface area contributed by atoms with Crippen LogP contribution in [0.15, 0.2) is 47.1 Å². The second-order valence-electron chi connectivity index (χ2n) is 5.21. The Hall–Kier alpha value is -1.58. The molecule has 1 aromatic carbocycles. The molecule has 2 unspecified atom stereocenters. The lowest BCUT2D eigenvalue weighted by Gasteiger charge is -2.31. The summed E-state index contributed by atoms with van der Waals surface area (Å²) in [6, 6.07) is 12.7. The molecule has 3 nitrogen and oxygen atoms in total. The number of hydrogen-bond acceptors (Lipinski definition) is 3. The Balaban J connectivity index is 2.17. The summed E-state index contributed by atoms with van der Waals surface area (Å²) in [4.78, 5) is 2.23. The van der Waals surface area contributed by atoms with Gasteiger partial charge < -0.3 is 10.2 Å². The number of furan rings is 1. The topological polar surface area (TPSA) is 42.4 Å². The number of aryl methyl sites for hydroxylation is 1. The highest BCUT2D eigenvalue weighted by molar-refractivity contribution is 5.25. The molecule has 1 aromatic heterocycles. The number of likely N-dealkylation sites (N-methyl/N-ethyl adjacent to an activating group) is 1. The molecule has 0 saturated carbocycles. The molecule has 3 heteroatoms. The van der Waals surface area contributed by atoms with Crippen molar-refractivity contribution in [2.45, 2.75) is 32.5 Å². The van der Waals surface area contributed by atoms with Gasteiger partial charge in [-0.05, 0) is 38.6 Å². The molecule has 2 N–H and O–H groups in total. The van der Waals surface area contributed by atoms with E-state index in [1.807, 2.05) is 19.1 Å². The van der Waals surface area contributed by atoms with E-state index in [-0.39, 0.29) is 12.1 Å². The van der Waals surface area contributed by atoms with Crippen molar-refractivity contribution in [3.05, 3.63) is 59.5 Å². The fourth-order valence-corrected chi connectivity index (χ4v) is 2.47. The summed E-state index contributed by atoms with van der Waals surface area (Å²) in [7, 11) is 2.08. The Morgan fingerprint density at radius 1 is 1.21 bits per heavy atom. The van der Waals surface area contributed by atoms with Crippen LogP contribution in [0.4, 0.5) is 0 Å². The van der Waals surface area contributed by atoms with Gasteiger partial charge >= 0.3 is 0 Å². The highest BCUT2D eigenvalue weighted by Gasteiger charge is 2.21. The molecule has 2 atom stereocenters. The van der Waals surface area contributed by atoms with Crippen LogP contribution in [0.5, 0.6) is 0 Å². The van der Waals surface area contributed by atoms with Crippen LogP contribution < -0.4 is 5.73 Å². The van der Waals surface area contributed by atoms with Gasteiger partial charge in [0.15, 0.2) is 0 Å². The van der Waals surface area contributed by atoms with Gasteiger partial charge in [0, 0.05) is 12.1 Å². The molecule has 19 heavy (non-hydrogen) atoms. The van der Waals surface area contributed by atoms with Crippen molar-refractivity contribution in [3.63, 3.8) is 0 Å². The first kappa shape index (κ1) is 13.8. The molecular formula is C16H22N2O. The number of rotatable bonds is 5. The smallest absolute Gasteiger partial charge is 0.117 e. The van der Waals surface area contributed by atoms with Crippen LogP contribution in [-0.2, 0) is 6.54 Å². The van der Waals surface area contributed by atoms with Gasteiger partial charge in [-0.1, -0.05) is 29.8 Å². The van der Waals surface area contributed by atoms with Crippen molar-refractivity contribution in [1.29, 1.82) is 0 Å². The third-order valence-corrected chi connectivity index (χ3v) is 3.38. The average Bonchev–Trinajstić information content (AvgIpc) is 2.84. The summed E-state index contributed by atoms with van der Waals surface area (Å²) >= 11 is 0. The molecule has 0 aliphatic rings. The molecule has 0 aliphatic carbocycles. The molecule has 0 fully saturated rings. The third-order valence-electron chi connectivity index (χ3n) is 3.38. The molecule has 0 aliphatic heterocycles. The van der Waals surface area contributed by atoms with Crippen LogP contribution in [0.3, 0.4) is 0 Å². The molecule has 0 radical (unpaired) electrons. The van der Waals surface area contributed by atoms with Gasteiger partial charge in [-0.15, -0.1) is 0 Å². The van der Waals surface area contributed by atoms with Crippen molar-refractivity contribution in [3.8, 4) is 0 Å². The first-order valence-corrected chi connectivity index (χ1v) is 6.62. The first-order valence-electron chi connectivity index (χ1n) is 6.62. The van der Waals surface area contributed by atoms with E-state index >= 15 is 0 Å². The van der Waals surface area contributed by atoms with Gasteiger partial charge in [-0.2, -0.15) is 0 Å².